The summed E-state index contributed by atoms with van der Waals surface area (Å²) in [5.41, 5.74) is 5.21. The molecule has 103 valence electrons. The van der Waals surface area contributed by atoms with Gasteiger partial charge in [0.1, 0.15) is 6.07 Å². The molecule has 1 N–H and O–H groups in total. The smallest absolute Gasteiger partial charge is 0.101 e. The van der Waals surface area contributed by atoms with Crippen molar-refractivity contribution < 1.29 is 6.16 Å². The van der Waals surface area contributed by atoms with Gasteiger partial charge in [-0.25, -0.2) is 0 Å². The molecule has 0 saturated carbocycles. The fourth-order valence-electron chi connectivity index (χ4n) is 1.80. The van der Waals surface area contributed by atoms with E-state index in [0.717, 1.165) is 17.7 Å². The van der Waals surface area contributed by atoms with E-state index in [9.17, 15) is 0 Å². The van der Waals surface area contributed by atoms with E-state index in [2.05, 4.69) is 40.4 Å². The van der Waals surface area contributed by atoms with Crippen molar-refractivity contribution in [2.45, 2.75) is 6.92 Å². The van der Waals surface area contributed by atoms with Gasteiger partial charge in [-0.15, -0.1) is 0 Å². The fraction of sp³-hybridized carbons (Fsp3) is 0.176. The Balaban J connectivity index is 0.000000397. The molecule has 1 aromatic carbocycles. The van der Waals surface area contributed by atoms with Crippen LogP contribution >= 0.6 is 0 Å². The third-order valence-electron chi connectivity index (χ3n) is 2.99. The van der Waals surface area contributed by atoms with Crippen molar-refractivity contribution in [1.82, 2.24) is 4.98 Å². The summed E-state index contributed by atoms with van der Waals surface area (Å²) in [5, 5.41) is 8.97. The van der Waals surface area contributed by atoms with Crippen LogP contribution < -0.4 is 0 Å². The van der Waals surface area contributed by atoms with Crippen molar-refractivity contribution in [2.24, 2.45) is 0 Å². The number of hydrogen-bond acceptors (Lipinski definition) is 2. The van der Waals surface area contributed by atoms with Gasteiger partial charge in [0.2, 0.25) is 0 Å². The Morgan fingerprint density at radius 2 is 2.00 bits per heavy atom. The van der Waals surface area contributed by atoms with Gasteiger partial charge in [0.05, 0.1) is 5.56 Å². The van der Waals surface area contributed by atoms with E-state index in [1.54, 1.807) is 13.3 Å². The first-order valence-electron chi connectivity index (χ1n) is 6.51. The van der Waals surface area contributed by atoms with Gasteiger partial charge in [-0.05, 0) is 29.7 Å². The van der Waals surface area contributed by atoms with Crippen LogP contribution in [0.2, 0.25) is 0 Å². The van der Waals surface area contributed by atoms with E-state index in [1.807, 2.05) is 25.3 Å². The minimum Gasteiger partial charge on any atom is -0.385 e. The average molecular weight is 267 g/mol. The largest absolute Gasteiger partial charge is 0.385 e. The zero-order valence-corrected chi connectivity index (χ0v) is 11.7. The summed E-state index contributed by atoms with van der Waals surface area (Å²) in [6.45, 7) is 2.78. The number of benzene rings is 1. The van der Waals surface area contributed by atoms with E-state index in [1.165, 1.54) is 11.1 Å². The Labute approximate surface area is 121 Å². The molecule has 0 aliphatic heterocycles. The molecule has 0 atom stereocenters. The fourth-order valence-corrected chi connectivity index (χ4v) is 1.80. The molecule has 1 heterocycles. The minimum atomic E-state index is 0. The highest BCUT2D eigenvalue weighted by Crippen LogP contribution is 2.32. The summed E-state index contributed by atoms with van der Waals surface area (Å²) in [4.78, 5) is 2.97. The molecular formula is C17H19N2O. The SMILES string of the molecule is CCOC.N#Cc1c[nH]cc1-c1cccc(C2=C[CH]2)c1.[HH]. The van der Waals surface area contributed by atoms with Gasteiger partial charge in [-0.2, -0.15) is 5.26 Å². The summed E-state index contributed by atoms with van der Waals surface area (Å²) in [6.07, 6.45) is 7.76. The summed E-state index contributed by atoms with van der Waals surface area (Å²) in [6, 6.07) is 10.4. The van der Waals surface area contributed by atoms with Crippen LogP contribution in [0.25, 0.3) is 16.7 Å². The first-order valence-corrected chi connectivity index (χ1v) is 6.51. The molecular weight excluding hydrogens is 248 g/mol. The van der Waals surface area contributed by atoms with E-state index in [0.29, 0.717) is 5.56 Å². The second-order valence-electron chi connectivity index (χ2n) is 4.34. The first kappa shape index (κ1) is 14.1. The van der Waals surface area contributed by atoms with E-state index >= 15 is 0 Å². The highest BCUT2D eigenvalue weighted by atomic mass is 16.5. The number of allylic oxidation sites excluding steroid dienone is 2. The van der Waals surface area contributed by atoms with Crippen LogP contribution in [0.5, 0.6) is 0 Å². The molecule has 0 bridgehead atoms. The number of rotatable bonds is 3. The zero-order valence-electron chi connectivity index (χ0n) is 11.7. The lowest BCUT2D eigenvalue weighted by Gasteiger charge is -2.01. The lowest BCUT2D eigenvalue weighted by molar-refractivity contribution is 0.215. The zero-order chi connectivity index (χ0) is 14.4. The van der Waals surface area contributed by atoms with E-state index < -0.39 is 0 Å². The molecule has 1 aliphatic carbocycles. The van der Waals surface area contributed by atoms with Gasteiger partial charge in [0.15, 0.2) is 0 Å². The van der Waals surface area contributed by atoms with Crippen molar-refractivity contribution in [3.63, 3.8) is 0 Å². The lowest BCUT2D eigenvalue weighted by atomic mass is 10.0. The predicted molar refractivity (Wildman–Crippen MR) is 82.9 cm³/mol. The number of ether oxygens (including phenoxy) is 1. The van der Waals surface area contributed by atoms with Crippen LogP contribution in [0.3, 0.4) is 0 Å². The predicted octanol–water partition coefficient (Wildman–Crippen LogP) is 4.05. The Bertz CT molecular complexity index is 651. The first-order chi connectivity index (χ1) is 9.80. The number of methoxy groups -OCH3 is 1. The van der Waals surface area contributed by atoms with Gasteiger partial charge in [-0.3, -0.25) is 0 Å². The number of aromatic amines is 1. The standard InChI is InChI=1S/C14H9N2.C3H8O.H2/c15-7-13-8-16-9-14(13)12-3-1-2-11(6-12)10-4-5-10;1-3-4-2;/h1-6,8-9,16H;3H2,1-2H3;1H. The highest BCUT2D eigenvalue weighted by molar-refractivity contribution is 5.88. The van der Waals surface area contributed by atoms with Crippen molar-refractivity contribution >= 4 is 5.57 Å². The number of H-pyrrole nitrogens is 1. The van der Waals surface area contributed by atoms with Crippen molar-refractivity contribution in [3.05, 3.63) is 60.3 Å². The van der Waals surface area contributed by atoms with Gasteiger partial charge < -0.3 is 9.72 Å². The molecule has 1 aromatic heterocycles. The molecule has 0 unspecified atom stereocenters. The van der Waals surface area contributed by atoms with Crippen LogP contribution in [-0.4, -0.2) is 18.7 Å². The number of aromatic nitrogens is 1. The monoisotopic (exact) mass is 267 g/mol. The Kier molecular flexibility index (Phi) is 4.75. The van der Waals surface area contributed by atoms with Crippen molar-refractivity contribution in [1.29, 1.82) is 5.26 Å². The maximum absolute atomic E-state index is 8.97. The summed E-state index contributed by atoms with van der Waals surface area (Å²) >= 11 is 0. The lowest BCUT2D eigenvalue weighted by Crippen LogP contribution is -1.80. The Morgan fingerprint density at radius 1 is 1.30 bits per heavy atom. The molecule has 0 amide bonds. The maximum Gasteiger partial charge on any atom is 0.101 e. The molecule has 0 saturated heterocycles. The highest BCUT2D eigenvalue weighted by Gasteiger charge is 2.12. The van der Waals surface area contributed by atoms with E-state index in [-0.39, 0.29) is 1.43 Å². The molecule has 1 radical (unpaired) electrons. The summed E-state index contributed by atoms with van der Waals surface area (Å²) in [7, 11) is 1.68. The van der Waals surface area contributed by atoms with Crippen LogP contribution in [0.1, 0.15) is 19.5 Å². The normalized spacial score (nSPS) is 11.9. The second kappa shape index (κ2) is 6.74. The molecule has 0 fully saturated rings. The Hall–Kier alpha value is -2.31. The third kappa shape index (κ3) is 3.37. The van der Waals surface area contributed by atoms with Gasteiger partial charge in [-0.1, -0.05) is 24.3 Å². The van der Waals surface area contributed by atoms with Crippen LogP contribution in [0.4, 0.5) is 0 Å². The molecule has 2 aromatic rings. The van der Waals surface area contributed by atoms with Gasteiger partial charge in [0, 0.05) is 39.5 Å². The number of nitrogens with zero attached hydrogens (tertiary/aromatic N) is 1. The second-order valence-corrected chi connectivity index (χ2v) is 4.34. The molecule has 3 heteroatoms. The minimum absolute atomic E-state index is 0. The van der Waals surface area contributed by atoms with Gasteiger partial charge in [0.25, 0.3) is 0 Å². The average Bonchev–Trinajstić information content (AvgIpc) is 3.25. The third-order valence-corrected chi connectivity index (χ3v) is 2.99. The summed E-state index contributed by atoms with van der Waals surface area (Å²) in [5.74, 6) is 0. The van der Waals surface area contributed by atoms with Crippen molar-refractivity contribution in [2.75, 3.05) is 13.7 Å². The quantitative estimate of drug-likeness (QED) is 0.911. The molecule has 1 aliphatic rings. The summed E-state index contributed by atoms with van der Waals surface area (Å²) < 4.78 is 4.54. The van der Waals surface area contributed by atoms with Crippen LogP contribution in [-0.2, 0) is 4.74 Å². The topological polar surface area (TPSA) is 48.8 Å². The number of nitriles is 1. The molecule has 3 rings (SSSR count). The van der Waals surface area contributed by atoms with Crippen LogP contribution in [0, 0.1) is 17.8 Å². The van der Waals surface area contributed by atoms with Crippen LogP contribution in [0.15, 0.2) is 42.7 Å². The van der Waals surface area contributed by atoms with Gasteiger partial charge >= 0.3 is 0 Å². The Morgan fingerprint density at radius 3 is 2.60 bits per heavy atom. The maximum atomic E-state index is 8.97. The number of hydrogen-bond donors (Lipinski definition) is 1. The number of nitrogens with one attached hydrogen (secondary N) is 1. The molecule has 20 heavy (non-hydrogen) atoms. The van der Waals surface area contributed by atoms with Crippen molar-refractivity contribution in [3.8, 4) is 17.2 Å². The molecule has 3 nitrogen and oxygen atoms in total. The van der Waals surface area contributed by atoms with E-state index in [4.69, 9.17) is 5.26 Å². The molecule has 0 spiro atoms.